The largest absolute Gasteiger partial charge is 0.588 e. The lowest BCUT2D eigenvalue weighted by molar-refractivity contribution is -0.428. The molecule has 3 N–H and O–H groups in total. The smallest absolute Gasteiger partial charge is 0.251 e. The minimum absolute atomic E-state index is 0.0277. The summed E-state index contributed by atoms with van der Waals surface area (Å²) in [6.07, 6.45) is 3.86. The zero-order chi connectivity index (χ0) is 16.8. The molecule has 1 atom stereocenters. The fourth-order valence-electron chi connectivity index (χ4n) is 2.01. The topological polar surface area (TPSA) is 128 Å². The Bertz CT molecular complexity index is 657. The van der Waals surface area contributed by atoms with Crippen LogP contribution < -0.4 is 10.2 Å². The SMILES string of the molecule is O=C(Cc1ccc(N[S+]([O-])C2=CCCC([N+](=O)[O-])=C2)cc1)NO. The number of carbonyl (C=O) groups excluding carboxylic acids is 1. The Morgan fingerprint density at radius 3 is 2.65 bits per heavy atom. The summed E-state index contributed by atoms with van der Waals surface area (Å²) in [6, 6.07) is 6.59. The first kappa shape index (κ1) is 17.0. The van der Waals surface area contributed by atoms with Gasteiger partial charge in [-0.05, 0) is 30.2 Å². The fraction of sp³-hybridized carbons (Fsp3) is 0.214. The molecule has 0 aliphatic heterocycles. The number of amides is 1. The molecule has 2 rings (SSSR count). The number of anilines is 1. The number of hydroxylamine groups is 1. The predicted molar refractivity (Wildman–Crippen MR) is 84.2 cm³/mol. The lowest BCUT2D eigenvalue weighted by atomic mass is 10.1. The maximum absolute atomic E-state index is 12.2. The molecular weight excluding hydrogens is 322 g/mol. The summed E-state index contributed by atoms with van der Waals surface area (Å²) in [4.78, 5) is 21.7. The molecule has 0 aromatic heterocycles. The van der Waals surface area contributed by atoms with Crippen LogP contribution in [0.1, 0.15) is 18.4 Å². The quantitative estimate of drug-likeness (QED) is 0.313. The first-order valence-corrected chi connectivity index (χ1v) is 7.90. The van der Waals surface area contributed by atoms with Gasteiger partial charge in [0.2, 0.25) is 5.91 Å². The third-order valence-electron chi connectivity index (χ3n) is 3.16. The number of nitrogens with zero attached hydrogens (tertiary/aromatic N) is 1. The lowest BCUT2D eigenvalue weighted by Crippen LogP contribution is -2.20. The Balaban J connectivity index is 2.00. The molecule has 0 saturated heterocycles. The van der Waals surface area contributed by atoms with Gasteiger partial charge in [-0.15, -0.1) is 0 Å². The van der Waals surface area contributed by atoms with Gasteiger partial charge < -0.3 is 4.55 Å². The number of carbonyl (C=O) groups is 1. The molecule has 1 aliphatic rings. The van der Waals surface area contributed by atoms with Gasteiger partial charge in [0.25, 0.3) is 5.70 Å². The maximum atomic E-state index is 12.2. The van der Waals surface area contributed by atoms with Crippen molar-refractivity contribution in [2.45, 2.75) is 19.3 Å². The molecule has 0 spiro atoms. The molecule has 1 aromatic carbocycles. The van der Waals surface area contributed by atoms with Crippen LogP contribution in [0.3, 0.4) is 0 Å². The second-order valence-corrected chi connectivity index (χ2v) is 6.03. The molecule has 23 heavy (non-hydrogen) atoms. The number of nitro groups is 1. The van der Waals surface area contributed by atoms with Crippen molar-refractivity contribution in [1.82, 2.24) is 5.48 Å². The Kier molecular flexibility index (Phi) is 5.74. The molecule has 1 unspecified atom stereocenters. The van der Waals surface area contributed by atoms with Gasteiger partial charge in [-0.25, -0.2) is 10.2 Å². The van der Waals surface area contributed by atoms with E-state index in [1.165, 1.54) is 6.08 Å². The van der Waals surface area contributed by atoms with E-state index in [1.54, 1.807) is 35.8 Å². The number of allylic oxidation sites excluding steroid dienone is 3. The summed E-state index contributed by atoms with van der Waals surface area (Å²) in [5.41, 5.74) is 2.82. The van der Waals surface area contributed by atoms with Gasteiger partial charge in [0.05, 0.1) is 23.1 Å². The average Bonchev–Trinajstić information content (AvgIpc) is 2.56. The van der Waals surface area contributed by atoms with Crippen molar-refractivity contribution in [3.05, 3.63) is 62.7 Å². The third-order valence-corrected chi connectivity index (χ3v) is 4.29. The van der Waals surface area contributed by atoms with Crippen LogP contribution >= 0.6 is 0 Å². The van der Waals surface area contributed by atoms with Crippen LogP contribution in [0, 0.1) is 10.1 Å². The van der Waals surface area contributed by atoms with E-state index in [-0.39, 0.29) is 12.1 Å². The highest BCUT2D eigenvalue weighted by molar-refractivity contribution is 7.96. The van der Waals surface area contributed by atoms with Crippen molar-refractivity contribution < 1.29 is 19.5 Å². The van der Waals surface area contributed by atoms with Gasteiger partial charge >= 0.3 is 0 Å². The molecule has 0 saturated carbocycles. The van der Waals surface area contributed by atoms with Crippen LogP contribution in [-0.2, 0) is 22.6 Å². The summed E-state index contributed by atoms with van der Waals surface area (Å²) in [6.45, 7) is 0. The van der Waals surface area contributed by atoms with E-state index in [2.05, 4.69) is 4.72 Å². The molecular formula is C14H15N3O5S. The minimum atomic E-state index is -1.60. The molecule has 0 radical (unpaired) electrons. The van der Waals surface area contributed by atoms with Crippen LogP contribution in [-0.4, -0.2) is 20.6 Å². The highest BCUT2D eigenvalue weighted by atomic mass is 32.2. The first-order valence-electron chi connectivity index (χ1n) is 6.75. The number of benzene rings is 1. The minimum Gasteiger partial charge on any atom is -0.588 e. The molecule has 1 aromatic rings. The summed E-state index contributed by atoms with van der Waals surface area (Å²) < 4.78 is 15.0. The van der Waals surface area contributed by atoms with Crippen LogP contribution in [0.4, 0.5) is 5.69 Å². The van der Waals surface area contributed by atoms with E-state index in [4.69, 9.17) is 5.21 Å². The molecule has 8 nitrogen and oxygen atoms in total. The van der Waals surface area contributed by atoms with E-state index in [1.807, 2.05) is 0 Å². The highest BCUT2D eigenvalue weighted by Crippen LogP contribution is 2.23. The summed E-state index contributed by atoms with van der Waals surface area (Å²) in [5.74, 6) is -0.529. The van der Waals surface area contributed by atoms with E-state index in [9.17, 15) is 19.5 Å². The molecule has 9 heteroatoms. The Morgan fingerprint density at radius 1 is 1.35 bits per heavy atom. The van der Waals surface area contributed by atoms with Crippen molar-refractivity contribution in [3.63, 3.8) is 0 Å². The molecule has 1 aliphatic carbocycles. The summed E-state index contributed by atoms with van der Waals surface area (Å²) >= 11 is -1.60. The average molecular weight is 337 g/mol. The van der Waals surface area contributed by atoms with Crippen LogP contribution in [0.2, 0.25) is 0 Å². The van der Waals surface area contributed by atoms with E-state index < -0.39 is 22.2 Å². The van der Waals surface area contributed by atoms with Crippen molar-refractivity contribution in [2.75, 3.05) is 4.72 Å². The number of nitrogens with one attached hydrogen (secondary N) is 2. The Labute approximate surface area is 135 Å². The Morgan fingerprint density at radius 2 is 2.04 bits per heavy atom. The van der Waals surface area contributed by atoms with E-state index >= 15 is 0 Å². The summed E-state index contributed by atoms with van der Waals surface area (Å²) in [7, 11) is 0. The molecule has 1 amide bonds. The molecule has 0 fully saturated rings. The summed E-state index contributed by atoms with van der Waals surface area (Å²) in [5, 5.41) is 19.2. The second-order valence-electron chi connectivity index (χ2n) is 4.82. The number of hydrogen-bond donors (Lipinski definition) is 3. The number of rotatable bonds is 6. The van der Waals surface area contributed by atoms with Crippen molar-refractivity contribution >= 4 is 23.0 Å². The standard InChI is InChI=1S/C14H15N3O5S/c18-14(15-19)8-10-4-6-11(7-5-10)16-23(22)13-3-1-2-12(9-13)17(20)21/h3-7,9,16,19H,1-2,8H2,(H,15,18). The van der Waals surface area contributed by atoms with Crippen molar-refractivity contribution in [3.8, 4) is 0 Å². The fourth-order valence-corrected chi connectivity index (χ4v) is 2.99. The zero-order valence-corrected chi connectivity index (χ0v) is 12.8. The highest BCUT2D eigenvalue weighted by Gasteiger charge is 2.23. The second kappa shape index (κ2) is 7.77. The van der Waals surface area contributed by atoms with Gasteiger partial charge in [-0.2, -0.15) is 0 Å². The van der Waals surface area contributed by atoms with Gasteiger partial charge in [-0.3, -0.25) is 20.1 Å². The zero-order valence-electron chi connectivity index (χ0n) is 12.0. The normalized spacial score (nSPS) is 15.2. The third kappa shape index (κ3) is 4.81. The van der Waals surface area contributed by atoms with Gasteiger partial charge in [0.1, 0.15) is 11.4 Å². The van der Waals surface area contributed by atoms with Crippen LogP contribution in [0.15, 0.2) is 47.0 Å². The van der Waals surface area contributed by atoms with Crippen molar-refractivity contribution in [2.24, 2.45) is 0 Å². The van der Waals surface area contributed by atoms with E-state index in [0.29, 0.717) is 29.0 Å². The van der Waals surface area contributed by atoms with Gasteiger partial charge in [-0.1, -0.05) is 12.1 Å². The van der Waals surface area contributed by atoms with Crippen molar-refractivity contribution in [1.29, 1.82) is 0 Å². The van der Waals surface area contributed by atoms with Crippen LogP contribution in [0.25, 0.3) is 0 Å². The predicted octanol–water partition coefficient (Wildman–Crippen LogP) is 1.65. The van der Waals surface area contributed by atoms with Gasteiger partial charge in [0.15, 0.2) is 4.91 Å². The molecule has 0 heterocycles. The molecule has 0 bridgehead atoms. The maximum Gasteiger partial charge on any atom is 0.251 e. The number of hydrogen-bond acceptors (Lipinski definition) is 6. The Hall–Kier alpha value is -2.36. The lowest BCUT2D eigenvalue weighted by Gasteiger charge is -2.14. The monoisotopic (exact) mass is 337 g/mol. The van der Waals surface area contributed by atoms with Crippen LogP contribution in [0.5, 0.6) is 0 Å². The first-order chi connectivity index (χ1) is 11.0. The van der Waals surface area contributed by atoms with Gasteiger partial charge in [0, 0.05) is 6.42 Å². The molecule has 122 valence electrons. The van der Waals surface area contributed by atoms with E-state index in [0.717, 1.165) is 0 Å².